The number of methoxy groups -OCH3 is 1. The summed E-state index contributed by atoms with van der Waals surface area (Å²) in [5.74, 6) is 0.641. The fraction of sp³-hybridized carbons (Fsp3) is 0.500. The van der Waals surface area contributed by atoms with Crippen LogP contribution in [0.3, 0.4) is 0 Å². The predicted molar refractivity (Wildman–Crippen MR) is 125 cm³/mol. The van der Waals surface area contributed by atoms with Crippen molar-refractivity contribution in [1.29, 1.82) is 5.41 Å². The summed E-state index contributed by atoms with van der Waals surface area (Å²) in [5, 5.41) is 41.4. The molecule has 5 rings (SSSR count). The molecule has 0 radical (unpaired) electrons. The lowest BCUT2D eigenvalue weighted by molar-refractivity contribution is -0.386. The van der Waals surface area contributed by atoms with E-state index in [2.05, 4.69) is 6.92 Å². The predicted octanol–water partition coefficient (Wildman–Crippen LogP) is 4.87. The van der Waals surface area contributed by atoms with E-state index in [-0.39, 0.29) is 41.2 Å². The van der Waals surface area contributed by atoms with Crippen molar-refractivity contribution in [3.63, 3.8) is 0 Å². The van der Waals surface area contributed by atoms with E-state index in [1.54, 1.807) is 24.3 Å². The summed E-state index contributed by atoms with van der Waals surface area (Å²) in [6.07, 6.45) is 1.80. The minimum atomic E-state index is -0.520. The molecule has 34 heavy (non-hydrogen) atoms. The van der Waals surface area contributed by atoms with Crippen LogP contribution >= 0.6 is 0 Å². The molecule has 3 N–H and O–H groups in total. The highest BCUT2D eigenvalue weighted by Crippen LogP contribution is 2.62. The van der Waals surface area contributed by atoms with Gasteiger partial charge in [0.15, 0.2) is 11.5 Å². The average molecular weight is 467 g/mol. The molecule has 8 nitrogen and oxygen atoms in total. The summed E-state index contributed by atoms with van der Waals surface area (Å²) < 4.78 is 11.7. The molecule has 3 aliphatic rings. The Balaban J connectivity index is 1.53. The number of benzene rings is 2. The lowest BCUT2D eigenvalue weighted by Gasteiger charge is -2.51. The highest BCUT2D eigenvalue weighted by molar-refractivity contribution is 5.88. The van der Waals surface area contributed by atoms with Crippen molar-refractivity contribution in [3.8, 4) is 11.5 Å². The Morgan fingerprint density at radius 3 is 2.76 bits per heavy atom. The molecule has 0 heterocycles. The molecule has 6 atom stereocenters. The molecule has 2 unspecified atom stereocenters. The summed E-state index contributed by atoms with van der Waals surface area (Å²) in [6.45, 7) is 2.16. The van der Waals surface area contributed by atoms with Crippen molar-refractivity contribution >= 4 is 11.4 Å². The number of nitro groups is 1. The van der Waals surface area contributed by atoms with Crippen LogP contribution in [0.4, 0.5) is 5.69 Å². The van der Waals surface area contributed by atoms with E-state index in [1.165, 1.54) is 13.2 Å². The van der Waals surface area contributed by atoms with Crippen molar-refractivity contribution in [2.24, 2.45) is 17.3 Å². The number of nitro benzene ring substituents is 1. The Morgan fingerprint density at radius 2 is 2.03 bits per heavy atom. The summed E-state index contributed by atoms with van der Waals surface area (Å²) in [7, 11) is 1.52. The van der Waals surface area contributed by atoms with E-state index in [0.717, 1.165) is 24.0 Å². The Kier molecular flexibility index (Phi) is 5.61. The molecular weight excluding hydrogens is 436 g/mol. The van der Waals surface area contributed by atoms with E-state index >= 15 is 0 Å². The van der Waals surface area contributed by atoms with Crippen LogP contribution in [0.1, 0.15) is 61.3 Å². The van der Waals surface area contributed by atoms with Crippen LogP contribution < -0.4 is 4.74 Å². The maximum atomic E-state index is 11.5. The third-order valence-electron chi connectivity index (χ3n) is 8.44. The molecule has 0 aromatic heterocycles. The van der Waals surface area contributed by atoms with E-state index in [4.69, 9.17) is 14.9 Å². The van der Waals surface area contributed by atoms with Gasteiger partial charge in [-0.3, -0.25) is 10.1 Å². The standard InChI is InChI=1S/C26H30N2O6/c1-26-8-7-15-16-10-23(33-2)21(29)9-17(16)22(11-18(15)25(26)19(27)12-24(26)30)34-13-14-5-3-4-6-20(14)28(31)32/h3-6,9-10,15,18,22,24-25,27,29-30H,7-8,11-13H2,1-2H3/t15-,18-,22?,24?,25-,26-/m1/s1. The van der Waals surface area contributed by atoms with Gasteiger partial charge < -0.3 is 25.1 Å². The minimum Gasteiger partial charge on any atom is -0.504 e. The van der Waals surface area contributed by atoms with Gasteiger partial charge in [0, 0.05) is 29.5 Å². The maximum absolute atomic E-state index is 11.5. The zero-order valence-corrected chi connectivity index (χ0v) is 19.4. The first kappa shape index (κ1) is 22.8. The first-order valence-electron chi connectivity index (χ1n) is 11.7. The van der Waals surface area contributed by atoms with E-state index < -0.39 is 17.1 Å². The number of phenolic OH excluding ortho intramolecular Hbond substituents is 1. The largest absolute Gasteiger partial charge is 0.504 e. The quantitative estimate of drug-likeness (QED) is 0.426. The monoisotopic (exact) mass is 466 g/mol. The number of fused-ring (bicyclic) bond motifs is 5. The van der Waals surface area contributed by atoms with Gasteiger partial charge in [0.2, 0.25) is 0 Å². The van der Waals surface area contributed by atoms with Crippen LogP contribution in [0.25, 0.3) is 0 Å². The molecule has 2 aromatic carbocycles. The number of phenols is 1. The molecule has 180 valence electrons. The van der Waals surface area contributed by atoms with E-state index in [9.17, 15) is 20.3 Å². The highest BCUT2D eigenvalue weighted by atomic mass is 16.6. The van der Waals surface area contributed by atoms with Gasteiger partial charge in [-0.1, -0.05) is 19.1 Å². The average Bonchev–Trinajstić information content (AvgIpc) is 3.05. The minimum absolute atomic E-state index is 0.0138. The smallest absolute Gasteiger partial charge is 0.274 e. The van der Waals surface area contributed by atoms with E-state index in [0.29, 0.717) is 29.9 Å². The maximum Gasteiger partial charge on any atom is 0.274 e. The van der Waals surface area contributed by atoms with Gasteiger partial charge in [0.05, 0.1) is 36.4 Å². The van der Waals surface area contributed by atoms with Gasteiger partial charge in [-0.05, 0) is 60.4 Å². The lowest BCUT2D eigenvalue weighted by atomic mass is 9.54. The molecule has 3 aliphatic carbocycles. The third-order valence-corrected chi connectivity index (χ3v) is 8.44. The Hall–Kier alpha value is -2.97. The second kappa shape index (κ2) is 8.36. The van der Waals surface area contributed by atoms with Gasteiger partial charge in [0.1, 0.15) is 0 Å². The second-order valence-electron chi connectivity index (χ2n) is 10.1. The number of nitrogens with zero attached hydrogens (tertiary/aromatic N) is 1. The summed E-state index contributed by atoms with van der Waals surface area (Å²) >= 11 is 0. The van der Waals surface area contributed by atoms with Crippen molar-refractivity contribution in [2.45, 2.75) is 57.3 Å². The molecule has 2 saturated carbocycles. The molecule has 0 saturated heterocycles. The van der Waals surface area contributed by atoms with E-state index in [1.807, 2.05) is 6.07 Å². The number of hydrogen-bond donors (Lipinski definition) is 3. The van der Waals surface area contributed by atoms with Gasteiger partial charge in [-0.25, -0.2) is 0 Å². The topological polar surface area (TPSA) is 126 Å². The van der Waals surface area contributed by atoms with Gasteiger partial charge in [-0.2, -0.15) is 0 Å². The van der Waals surface area contributed by atoms with Crippen molar-refractivity contribution < 1.29 is 24.6 Å². The number of para-hydroxylation sites is 1. The van der Waals surface area contributed by atoms with Gasteiger partial charge >= 0.3 is 0 Å². The molecule has 8 heteroatoms. The van der Waals surface area contributed by atoms with Crippen molar-refractivity contribution in [2.75, 3.05) is 7.11 Å². The third kappa shape index (κ3) is 3.47. The molecule has 0 spiro atoms. The SMILES string of the molecule is COc1cc2c(cc1O)C(OCc1ccccc1[N+](=O)[O-])C[C@@H]1[C@@H]2CC[C@]2(C)C(O)CC(=N)[C@@H]12. The Bertz CT molecular complexity index is 1150. The Labute approximate surface area is 198 Å². The number of nitrogens with one attached hydrogen (secondary N) is 1. The number of rotatable bonds is 5. The van der Waals surface area contributed by atoms with Crippen LogP contribution in [-0.4, -0.2) is 34.1 Å². The fourth-order valence-electron chi connectivity index (χ4n) is 6.74. The van der Waals surface area contributed by atoms with Crippen LogP contribution in [0.5, 0.6) is 11.5 Å². The molecule has 2 fully saturated rings. The number of aliphatic hydroxyl groups excluding tert-OH is 1. The van der Waals surface area contributed by atoms with Crippen LogP contribution in [0, 0.1) is 32.8 Å². The first-order valence-corrected chi connectivity index (χ1v) is 11.7. The zero-order chi connectivity index (χ0) is 24.2. The van der Waals surface area contributed by atoms with Crippen LogP contribution in [0.15, 0.2) is 36.4 Å². The zero-order valence-electron chi connectivity index (χ0n) is 19.4. The second-order valence-corrected chi connectivity index (χ2v) is 10.1. The highest BCUT2D eigenvalue weighted by Gasteiger charge is 2.58. The number of hydrogen-bond acceptors (Lipinski definition) is 7. The number of aliphatic hydroxyl groups is 1. The van der Waals surface area contributed by atoms with Crippen LogP contribution in [-0.2, 0) is 11.3 Å². The summed E-state index contributed by atoms with van der Waals surface area (Å²) in [6, 6.07) is 10.1. The van der Waals surface area contributed by atoms with Gasteiger partial charge in [-0.15, -0.1) is 0 Å². The first-order chi connectivity index (χ1) is 16.2. The molecular formula is C26H30N2O6. The molecule has 2 aromatic rings. The molecule has 0 bridgehead atoms. The van der Waals surface area contributed by atoms with Crippen molar-refractivity contribution in [3.05, 3.63) is 63.2 Å². The Morgan fingerprint density at radius 1 is 1.26 bits per heavy atom. The number of ether oxygens (including phenoxy) is 2. The van der Waals surface area contributed by atoms with Crippen LogP contribution in [0.2, 0.25) is 0 Å². The summed E-state index contributed by atoms with van der Waals surface area (Å²) in [5.41, 5.74) is 2.67. The normalized spacial score (nSPS) is 32.0. The molecule has 0 aliphatic heterocycles. The fourth-order valence-corrected chi connectivity index (χ4v) is 6.74. The summed E-state index contributed by atoms with van der Waals surface area (Å²) in [4.78, 5) is 11.0. The molecule has 0 amide bonds. The number of aromatic hydroxyl groups is 1. The lowest BCUT2D eigenvalue weighted by Crippen LogP contribution is -2.46. The van der Waals surface area contributed by atoms with Crippen molar-refractivity contribution in [1.82, 2.24) is 0 Å². The van der Waals surface area contributed by atoms with Gasteiger partial charge in [0.25, 0.3) is 5.69 Å².